The van der Waals surface area contributed by atoms with E-state index in [0.29, 0.717) is 5.69 Å². The maximum absolute atomic E-state index is 11.2. The number of aromatic carboxylic acids is 1. The van der Waals surface area contributed by atoms with Crippen molar-refractivity contribution in [1.82, 2.24) is 0 Å². The molecule has 10 heteroatoms. The molecule has 0 saturated carbocycles. The fourth-order valence-electron chi connectivity index (χ4n) is 1.83. The fraction of sp³-hybridized carbons (Fsp3) is 0. The summed E-state index contributed by atoms with van der Waals surface area (Å²) in [7, 11) is 0. The van der Waals surface area contributed by atoms with Gasteiger partial charge in [0.05, 0.1) is 15.4 Å². The molecule has 2 aromatic carbocycles. The molecule has 0 aliphatic carbocycles. The molecule has 0 radical (unpaired) electrons. The van der Waals surface area contributed by atoms with Gasteiger partial charge in [-0.25, -0.2) is 4.79 Å². The van der Waals surface area contributed by atoms with Crippen molar-refractivity contribution in [3.63, 3.8) is 0 Å². The lowest BCUT2D eigenvalue weighted by Gasteiger charge is -2.09. The predicted molar refractivity (Wildman–Crippen MR) is 89.2 cm³/mol. The molecule has 118 valence electrons. The molecule has 0 spiro atoms. The molecule has 0 aromatic heterocycles. The van der Waals surface area contributed by atoms with Crippen molar-refractivity contribution >= 4 is 51.3 Å². The zero-order chi connectivity index (χ0) is 17.1. The first kappa shape index (κ1) is 16.6. The van der Waals surface area contributed by atoms with Gasteiger partial charge in [0.15, 0.2) is 5.69 Å². The summed E-state index contributed by atoms with van der Waals surface area (Å²) in [6, 6.07) is 8.19. The third-order valence-electron chi connectivity index (χ3n) is 2.85. The average molecular weight is 429 g/mol. The highest BCUT2D eigenvalue weighted by atomic mass is 127. The number of carbonyl (C=O) groups is 1. The van der Waals surface area contributed by atoms with Gasteiger partial charge in [0.25, 0.3) is 0 Å². The Morgan fingerprint density at radius 3 is 1.91 bits per heavy atom. The molecule has 0 heterocycles. The van der Waals surface area contributed by atoms with E-state index in [2.05, 4.69) is 27.9 Å². The van der Waals surface area contributed by atoms with Crippen molar-refractivity contribution in [3.05, 3.63) is 65.8 Å². The maximum Gasteiger partial charge on any atom is 0.336 e. The van der Waals surface area contributed by atoms with E-state index in [0.717, 1.165) is 15.7 Å². The molecule has 0 amide bonds. The standard InChI is InChI=1S/C13H8IN3O6/c14-8-1-3-9(4-2-8)15-12-10(16(20)21)5-7(13(18)19)6-11(12)17(22)23/h1-6,15H,(H,18,19). The van der Waals surface area contributed by atoms with Crippen LogP contribution in [0.1, 0.15) is 10.4 Å². The van der Waals surface area contributed by atoms with Crippen LogP contribution >= 0.6 is 22.6 Å². The number of hydrogen-bond acceptors (Lipinski definition) is 6. The molecular weight excluding hydrogens is 421 g/mol. The highest BCUT2D eigenvalue weighted by molar-refractivity contribution is 14.1. The highest BCUT2D eigenvalue weighted by Crippen LogP contribution is 2.37. The molecule has 0 aliphatic heterocycles. The van der Waals surface area contributed by atoms with E-state index in [4.69, 9.17) is 5.11 Å². The summed E-state index contributed by atoms with van der Waals surface area (Å²) in [5, 5.41) is 33.9. The number of benzene rings is 2. The van der Waals surface area contributed by atoms with Crippen LogP contribution in [0.5, 0.6) is 0 Å². The number of nitrogens with zero attached hydrogens (tertiary/aromatic N) is 2. The van der Waals surface area contributed by atoms with Crippen LogP contribution in [-0.2, 0) is 0 Å². The van der Waals surface area contributed by atoms with Crippen molar-refractivity contribution in [2.75, 3.05) is 5.32 Å². The summed E-state index contributed by atoms with van der Waals surface area (Å²) in [6.45, 7) is 0. The summed E-state index contributed by atoms with van der Waals surface area (Å²) < 4.78 is 0.915. The molecule has 23 heavy (non-hydrogen) atoms. The van der Waals surface area contributed by atoms with E-state index in [9.17, 15) is 25.0 Å². The number of nitro benzene ring substituents is 2. The number of nitrogens with one attached hydrogen (secondary N) is 1. The quantitative estimate of drug-likeness (QED) is 0.422. The highest BCUT2D eigenvalue weighted by Gasteiger charge is 2.28. The van der Waals surface area contributed by atoms with Crippen LogP contribution in [0.25, 0.3) is 0 Å². The Morgan fingerprint density at radius 2 is 1.52 bits per heavy atom. The fourth-order valence-corrected chi connectivity index (χ4v) is 2.19. The Kier molecular flexibility index (Phi) is 4.74. The van der Waals surface area contributed by atoms with Crippen LogP contribution in [0.4, 0.5) is 22.7 Å². The topological polar surface area (TPSA) is 136 Å². The van der Waals surface area contributed by atoms with Crippen molar-refractivity contribution in [2.45, 2.75) is 0 Å². The average Bonchev–Trinajstić information content (AvgIpc) is 2.48. The number of hydrogen-bond donors (Lipinski definition) is 2. The lowest BCUT2D eigenvalue weighted by atomic mass is 10.1. The number of carboxylic acids is 1. The van der Waals surface area contributed by atoms with Gasteiger partial charge in [-0.2, -0.15) is 0 Å². The normalized spacial score (nSPS) is 10.1. The SMILES string of the molecule is O=C(O)c1cc([N+](=O)[O-])c(Nc2ccc(I)cc2)c([N+](=O)[O-])c1. The lowest BCUT2D eigenvalue weighted by molar-refractivity contribution is -0.392. The van der Waals surface area contributed by atoms with Gasteiger partial charge >= 0.3 is 17.3 Å². The van der Waals surface area contributed by atoms with Gasteiger partial charge in [-0.15, -0.1) is 0 Å². The Hall–Kier alpha value is -2.76. The molecule has 0 fully saturated rings. The minimum Gasteiger partial charge on any atom is -0.478 e. The summed E-state index contributed by atoms with van der Waals surface area (Å²) in [4.78, 5) is 31.6. The molecule has 2 N–H and O–H groups in total. The predicted octanol–water partition coefficient (Wildman–Crippen LogP) is 3.55. The molecule has 0 saturated heterocycles. The minimum absolute atomic E-state index is 0.369. The molecule has 2 aromatic rings. The molecule has 0 unspecified atom stereocenters. The van der Waals surface area contributed by atoms with Crippen molar-refractivity contribution < 1.29 is 19.7 Å². The van der Waals surface area contributed by atoms with E-state index in [1.807, 2.05) is 0 Å². The Bertz CT molecular complexity index is 771. The molecule has 9 nitrogen and oxygen atoms in total. The molecule has 0 bridgehead atoms. The van der Waals surface area contributed by atoms with Crippen LogP contribution in [0.2, 0.25) is 0 Å². The van der Waals surface area contributed by atoms with E-state index >= 15 is 0 Å². The van der Waals surface area contributed by atoms with E-state index in [-0.39, 0.29) is 5.69 Å². The van der Waals surface area contributed by atoms with E-state index in [1.165, 1.54) is 0 Å². The van der Waals surface area contributed by atoms with Gasteiger partial charge in [0.1, 0.15) is 0 Å². The van der Waals surface area contributed by atoms with Gasteiger partial charge in [-0.3, -0.25) is 20.2 Å². The maximum atomic E-state index is 11.2. The van der Waals surface area contributed by atoms with Crippen molar-refractivity contribution in [3.8, 4) is 0 Å². The number of halogens is 1. The Balaban J connectivity index is 2.63. The molecule has 2 rings (SSSR count). The summed E-state index contributed by atoms with van der Waals surface area (Å²) in [5.41, 5.74) is -1.87. The largest absolute Gasteiger partial charge is 0.478 e. The zero-order valence-corrected chi connectivity index (χ0v) is 13.4. The third kappa shape index (κ3) is 3.71. The first-order valence-corrected chi connectivity index (χ1v) is 7.10. The number of anilines is 2. The van der Waals surface area contributed by atoms with Crippen LogP contribution in [0.15, 0.2) is 36.4 Å². The van der Waals surface area contributed by atoms with Crippen LogP contribution in [-0.4, -0.2) is 20.9 Å². The minimum atomic E-state index is -1.49. The summed E-state index contributed by atoms with van der Waals surface area (Å²) in [6.07, 6.45) is 0. The summed E-state index contributed by atoms with van der Waals surface area (Å²) in [5.74, 6) is -1.49. The Morgan fingerprint density at radius 1 is 1.04 bits per heavy atom. The van der Waals surface area contributed by atoms with E-state index in [1.54, 1.807) is 24.3 Å². The molecule has 0 aliphatic rings. The third-order valence-corrected chi connectivity index (χ3v) is 3.57. The number of rotatable bonds is 5. The van der Waals surface area contributed by atoms with Crippen LogP contribution in [0.3, 0.4) is 0 Å². The smallest absolute Gasteiger partial charge is 0.336 e. The van der Waals surface area contributed by atoms with E-state index < -0.39 is 32.8 Å². The molecule has 0 atom stereocenters. The summed E-state index contributed by atoms with van der Waals surface area (Å²) >= 11 is 2.06. The molecular formula is C13H8IN3O6. The second-order valence-electron chi connectivity index (χ2n) is 4.34. The van der Waals surface area contributed by atoms with Crippen LogP contribution < -0.4 is 5.32 Å². The van der Waals surface area contributed by atoms with Gasteiger partial charge < -0.3 is 10.4 Å². The number of carboxylic acid groups (broad SMARTS) is 1. The van der Waals surface area contributed by atoms with Gasteiger partial charge in [0, 0.05) is 21.4 Å². The van der Waals surface area contributed by atoms with Gasteiger partial charge in [-0.1, -0.05) is 0 Å². The van der Waals surface area contributed by atoms with Crippen molar-refractivity contribution in [2.24, 2.45) is 0 Å². The van der Waals surface area contributed by atoms with Gasteiger partial charge in [0.2, 0.25) is 0 Å². The number of nitro groups is 2. The first-order valence-electron chi connectivity index (χ1n) is 6.02. The lowest BCUT2D eigenvalue weighted by Crippen LogP contribution is -2.05. The second-order valence-corrected chi connectivity index (χ2v) is 5.59. The van der Waals surface area contributed by atoms with Gasteiger partial charge in [-0.05, 0) is 46.9 Å². The van der Waals surface area contributed by atoms with Crippen molar-refractivity contribution in [1.29, 1.82) is 0 Å². The van der Waals surface area contributed by atoms with Crippen LogP contribution in [0, 0.1) is 23.8 Å². The second kappa shape index (κ2) is 6.56. The monoisotopic (exact) mass is 429 g/mol. The first-order chi connectivity index (χ1) is 10.8. The zero-order valence-electron chi connectivity index (χ0n) is 11.2. The Labute approximate surface area is 142 Å².